The van der Waals surface area contributed by atoms with Crippen LogP contribution in [-0.2, 0) is 9.59 Å². The second-order valence-corrected chi connectivity index (χ2v) is 10.3. The molecular formula is C28H33N3O3. The van der Waals surface area contributed by atoms with Crippen molar-refractivity contribution in [2.75, 3.05) is 19.0 Å². The van der Waals surface area contributed by atoms with E-state index in [4.69, 9.17) is 4.74 Å². The predicted octanol–water partition coefficient (Wildman–Crippen LogP) is 5.24. The molecule has 0 unspecified atom stereocenters. The van der Waals surface area contributed by atoms with Gasteiger partial charge in [0, 0.05) is 34.7 Å². The van der Waals surface area contributed by atoms with E-state index in [2.05, 4.69) is 49.3 Å². The number of aryl methyl sites for hydroxylation is 1. The molecule has 2 aromatic carbocycles. The van der Waals surface area contributed by atoms with Crippen molar-refractivity contribution in [3.63, 3.8) is 0 Å². The smallest absolute Gasteiger partial charge is 0.244 e. The van der Waals surface area contributed by atoms with Gasteiger partial charge in [0.25, 0.3) is 0 Å². The Morgan fingerprint density at radius 1 is 1.12 bits per heavy atom. The number of para-hydroxylation sites is 1. The number of methoxy groups -OCH3 is 1. The largest absolute Gasteiger partial charge is 0.497 e. The van der Waals surface area contributed by atoms with Crippen LogP contribution in [0.25, 0.3) is 10.9 Å². The van der Waals surface area contributed by atoms with Crippen LogP contribution >= 0.6 is 0 Å². The van der Waals surface area contributed by atoms with Crippen molar-refractivity contribution in [2.45, 2.75) is 52.0 Å². The fourth-order valence-corrected chi connectivity index (χ4v) is 5.54. The number of nitrogens with one attached hydrogen (secondary N) is 2. The van der Waals surface area contributed by atoms with Gasteiger partial charge in [0.2, 0.25) is 11.8 Å². The molecule has 0 radical (unpaired) electrons. The molecule has 5 rings (SSSR count). The summed E-state index contributed by atoms with van der Waals surface area (Å²) in [5.74, 6) is 1.26. The van der Waals surface area contributed by atoms with E-state index in [-0.39, 0.29) is 35.7 Å². The first kappa shape index (κ1) is 22.5. The van der Waals surface area contributed by atoms with Gasteiger partial charge in [0.15, 0.2) is 0 Å². The zero-order chi connectivity index (χ0) is 24.0. The van der Waals surface area contributed by atoms with E-state index in [0.717, 1.165) is 24.1 Å². The first-order valence-corrected chi connectivity index (χ1v) is 12.1. The van der Waals surface area contributed by atoms with Crippen molar-refractivity contribution < 1.29 is 14.3 Å². The number of hydrogen-bond acceptors (Lipinski definition) is 3. The minimum atomic E-state index is -0.163. The average Bonchev–Trinajstić information content (AvgIpc) is 3.70. The lowest BCUT2D eigenvalue weighted by Gasteiger charge is -2.22. The van der Waals surface area contributed by atoms with Crippen LogP contribution in [0.2, 0.25) is 0 Å². The molecule has 0 aliphatic heterocycles. The van der Waals surface area contributed by atoms with Gasteiger partial charge in [0.1, 0.15) is 12.3 Å². The number of H-pyrrole nitrogens is 1. The first-order chi connectivity index (χ1) is 16.3. The number of hydrogen-bond donors (Lipinski definition) is 2. The van der Waals surface area contributed by atoms with Gasteiger partial charge in [-0.1, -0.05) is 32.0 Å². The highest BCUT2D eigenvalue weighted by atomic mass is 16.5. The number of aromatic nitrogens is 1. The number of benzene rings is 2. The third-order valence-electron chi connectivity index (χ3n) is 7.70. The Balaban J connectivity index is 1.27. The van der Waals surface area contributed by atoms with Crippen molar-refractivity contribution in [3.8, 4) is 5.75 Å². The summed E-state index contributed by atoms with van der Waals surface area (Å²) >= 11 is 0. The Morgan fingerprint density at radius 2 is 1.82 bits per heavy atom. The molecule has 6 nitrogen and oxygen atoms in total. The van der Waals surface area contributed by atoms with Crippen molar-refractivity contribution >= 4 is 28.4 Å². The van der Waals surface area contributed by atoms with Gasteiger partial charge in [-0.25, -0.2) is 0 Å². The predicted molar refractivity (Wildman–Crippen MR) is 134 cm³/mol. The molecule has 1 aromatic heterocycles. The summed E-state index contributed by atoms with van der Waals surface area (Å²) in [4.78, 5) is 31.5. The maximum absolute atomic E-state index is 13.4. The lowest BCUT2D eigenvalue weighted by molar-refractivity contribution is -0.135. The number of carbonyl (C=O) groups is 2. The molecule has 0 spiro atoms. The van der Waals surface area contributed by atoms with E-state index in [9.17, 15) is 9.59 Å². The second-order valence-electron chi connectivity index (χ2n) is 10.3. The zero-order valence-corrected chi connectivity index (χ0v) is 20.4. The van der Waals surface area contributed by atoms with Crippen molar-refractivity contribution in [2.24, 2.45) is 11.3 Å². The Hall–Kier alpha value is -3.28. The van der Waals surface area contributed by atoms with Crippen LogP contribution in [0.4, 0.5) is 5.69 Å². The highest BCUT2D eigenvalue weighted by Crippen LogP contribution is 2.67. The molecule has 2 aliphatic carbocycles. The maximum Gasteiger partial charge on any atom is 0.244 e. The normalized spacial score (nSPS) is 20.7. The Morgan fingerprint density at radius 3 is 2.50 bits per heavy atom. The van der Waals surface area contributed by atoms with Gasteiger partial charge >= 0.3 is 0 Å². The zero-order valence-electron chi connectivity index (χ0n) is 20.4. The summed E-state index contributed by atoms with van der Waals surface area (Å²) in [6, 6.07) is 15.8. The van der Waals surface area contributed by atoms with Gasteiger partial charge in [-0.15, -0.1) is 0 Å². The van der Waals surface area contributed by atoms with Crippen molar-refractivity contribution in [1.29, 1.82) is 0 Å². The van der Waals surface area contributed by atoms with Gasteiger partial charge in [-0.3, -0.25) is 9.59 Å². The molecule has 34 heavy (non-hydrogen) atoms. The summed E-state index contributed by atoms with van der Waals surface area (Å²) < 4.78 is 5.17. The number of ether oxygens (including phenoxy) is 1. The van der Waals surface area contributed by atoms with E-state index in [1.165, 1.54) is 16.6 Å². The summed E-state index contributed by atoms with van der Waals surface area (Å²) in [5.41, 5.74) is 4.43. The van der Waals surface area contributed by atoms with E-state index in [0.29, 0.717) is 18.0 Å². The number of nitrogens with zero attached hydrogens (tertiary/aromatic N) is 1. The minimum Gasteiger partial charge on any atom is -0.497 e. The molecule has 0 saturated heterocycles. The van der Waals surface area contributed by atoms with Gasteiger partial charge in [-0.2, -0.15) is 0 Å². The highest BCUT2D eigenvalue weighted by Gasteiger charge is 2.60. The summed E-state index contributed by atoms with van der Waals surface area (Å²) in [7, 11) is 1.61. The molecule has 2 aliphatic rings. The second kappa shape index (κ2) is 8.49. The fourth-order valence-electron chi connectivity index (χ4n) is 5.54. The van der Waals surface area contributed by atoms with Gasteiger partial charge in [-0.05, 0) is 72.9 Å². The fraction of sp³-hybridized carbons (Fsp3) is 0.429. The standard InChI is InChI=1S/C28H33N3O3/c1-17-26(21-7-5-6-8-23(21)29-17)27-22(28(27,2)3)15-25(33)31(19-11-12-19)16-24(32)30-18-9-13-20(34-4)14-10-18/h5-10,13-14,19,22,27,29H,11-12,15-16H2,1-4H3,(H,30,32)/t22-,27-/m0/s1. The van der Waals surface area contributed by atoms with Crippen LogP contribution in [0.1, 0.15) is 50.3 Å². The molecule has 2 amide bonds. The van der Waals surface area contributed by atoms with Crippen LogP contribution in [0.5, 0.6) is 5.75 Å². The first-order valence-electron chi connectivity index (χ1n) is 12.1. The number of aromatic amines is 1. The summed E-state index contributed by atoms with van der Waals surface area (Å²) in [6.45, 7) is 6.74. The number of amides is 2. The third-order valence-corrected chi connectivity index (χ3v) is 7.70. The van der Waals surface area contributed by atoms with Gasteiger partial charge in [0.05, 0.1) is 7.11 Å². The molecular weight excluding hydrogens is 426 g/mol. The number of fused-ring (bicyclic) bond motifs is 1. The number of anilines is 1. The van der Waals surface area contributed by atoms with Crippen LogP contribution < -0.4 is 10.1 Å². The van der Waals surface area contributed by atoms with E-state index >= 15 is 0 Å². The Kier molecular flexibility index (Phi) is 5.62. The SMILES string of the molecule is COc1ccc(NC(=O)CN(C(=O)C[C@H]2[C@@H](c3c(C)[nH]c4ccccc34)C2(C)C)C2CC2)cc1. The lowest BCUT2D eigenvalue weighted by atomic mass is 10.0. The monoisotopic (exact) mass is 459 g/mol. The topological polar surface area (TPSA) is 74.4 Å². The number of carbonyl (C=O) groups excluding carboxylic acids is 2. The van der Waals surface area contributed by atoms with Crippen molar-refractivity contribution in [1.82, 2.24) is 9.88 Å². The van der Waals surface area contributed by atoms with Crippen LogP contribution in [0.15, 0.2) is 48.5 Å². The Labute approximate surface area is 200 Å². The maximum atomic E-state index is 13.4. The van der Waals surface area contributed by atoms with E-state index < -0.39 is 0 Å². The average molecular weight is 460 g/mol. The van der Waals surface area contributed by atoms with Crippen LogP contribution in [0, 0.1) is 18.3 Å². The third kappa shape index (κ3) is 4.17. The van der Waals surface area contributed by atoms with Gasteiger partial charge < -0.3 is 19.9 Å². The molecule has 2 N–H and O–H groups in total. The molecule has 2 fully saturated rings. The van der Waals surface area contributed by atoms with E-state index in [1.807, 2.05) is 6.07 Å². The minimum absolute atomic E-state index is 0.0476. The molecule has 1 heterocycles. The summed E-state index contributed by atoms with van der Waals surface area (Å²) in [6.07, 6.45) is 2.42. The van der Waals surface area contributed by atoms with Crippen LogP contribution in [-0.4, -0.2) is 41.4 Å². The molecule has 3 aromatic rings. The van der Waals surface area contributed by atoms with E-state index in [1.54, 1.807) is 36.3 Å². The van der Waals surface area contributed by atoms with Crippen molar-refractivity contribution in [3.05, 3.63) is 59.8 Å². The highest BCUT2D eigenvalue weighted by molar-refractivity contribution is 5.95. The molecule has 2 atom stereocenters. The molecule has 2 saturated carbocycles. The number of rotatable bonds is 8. The summed E-state index contributed by atoms with van der Waals surface area (Å²) in [5, 5.41) is 4.17. The molecule has 6 heteroatoms. The Bertz CT molecular complexity index is 1220. The quantitative estimate of drug-likeness (QED) is 0.483. The molecule has 0 bridgehead atoms. The molecule has 178 valence electrons. The van der Waals surface area contributed by atoms with Crippen LogP contribution in [0.3, 0.4) is 0 Å². The lowest BCUT2D eigenvalue weighted by Crippen LogP contribution is -2.39.